The number of hydrogen-bond donors (Lipinski definition) is 3. The number of sulfonamides is 1. The molecule has 3 amide bonds. The van der Waals surface area contributed by atoms with Crippen molar-refractivity contribution in [2.24, 2.45) is 0 Å². The lowest BCUT2D eigenvalue weighted by Crippen LogP contribution is -2.39. The minimum Gasteiger partial charge on any atom is -0.495 e. The summed E-state index contributed by atoms with van der Waals surface area (Å²) in [5, 5.41) is 7.80. The average molecular weight is 475 g/mol. The van der Waals surface area contributed by atoms with Crippen LogP contribution in [-0.4, -0.2) is 51.4 Å². The van der Waals surface area contributed by atoms with Crippen molar-refractivity contribution in [2.45, 2.75) is 37.6 Å². The Bertz CT molecular complexity index is 1080. The zero-order valence-electron chi connectivity index (χ0n) is 18.9. The standard InChI is InChI=1S/C23H30N4O5S/c1-17-6-8-18(9-7-17)15-24-23(29)25-16-22(28)26-20-14-19(10-11-21(20)32-2)33(30,31)27-12-4-3-5-13-27/h6-11,14H,3-5,12-13,15-16H2,1-2H3,(H,26,28)(H2,24,25,29). The molecule has 1 aliphatic heterocycles. The van der Waals surface area contributed by atoms with Crippen molar-refractivity contribution < 1.29 is 22.7 Å². The van der Waals surface area contributed by atoms with Crippen molar-refractivity contribution in [1.82, 2.24) is 14.9 Å². The summed E-state index contributed by atoms with van der Waals surface area (Å²) < 4.78 is 32.6. The number of ether oxygens (including phenoxy) is 1. The van der Waals surface area contributed by atoms with Crippen molar-refractivity contribution in [3.05, 3.63) is 53.6 Å². The first kappa shape index (κ1) is 24.5. The highest BCUT2D eigenvalue weighted by atomic mass is 32.2. The largest absolute Gasteiger partial charge is 0.495 e. The molecule has 0 aliphatic carbocycles. The minimum atomic E-state index is -3.66. The Morgan fingerprint density at radius 1 is 1.00 bits per heavy atom. The molecular formula is C23H30N4O5S. The SMILES string of the molecule is COc1ccc(S(=O)(=O)N2CCCCC2)cc1NC(=O)CNC(=O)NCc1ccc(C)cc1. The first-order valence-corrected chi connectivity index (χ1v) is 12.3. The molecule has 10 heteroatoms. The maximum Gasteiger partial charge on any atom is 0.315 e. The van der Waals surface area contributed by atoms with E-state index in [1.807, 2.05) is 31.2 Å². The van der Waals surface area contributed by atoms with Crippen LogP contribution < -0.4 is 20.7 Å². The molecule has 2 aromatic rings. The van der Waals surface area contributed by atoms with Crippen LogP contribution in [0.25, 0.3) is 0 Å². The van der Waals surface area contributed by atoms with Crippen LogP contribution in [0, 0.1) is 6.92 Å². The van der Waals surface area contributed by atoms with Gasteiger partial charge in [-0.25, -0.2) is 13.2 Å². The van der Waals surface area contributed by atoms with E-state index in [4.69, 9.17) is 4.74 Å². The van der Waals surface area contributed by atoms with Gasteiger partial charge in [0.25, 0.3) is 0 Å². The van der Waals surface area contributed by atoms with Crippen LogP contribution in [0.5, 0.6) is 5.75 Å². The lowest BCUT2D eigenvalue weighted by molar-refractivity contribution is -0.115. The molecule has 1 heterocycles. The molecule has 1 saturated heterocycles. The summed E-state index contributed by atoms with van der Waals surface area (Å²) in [6, 6.07) is 11.6. The van der Waals surface area contributed by atoms with Gasteiger partial charge in [0.15, 0.2) is 0 Å². The van der Waals surface area contributed by atoms with E-state index in [1.54, 1.807) is 0 Å². The van der Waals surface area contributed by atoms with E-state index in [9.17, 15) is 18.0 Å². The number of methoxy groups -OCH3 is 1. The van der Waals surface area contributed by atoms with Gasteiger partial charge in [0.05, 0.1) is 24.2 Å². The van der Waals surface area contributed by atoms with Crippen molar-refractivity contribution in [1.29, 1.82) is 0 Å². The number of anilines is 1. The fourth-order valence-electron chi connectivity index (χ4n) is 3.51. The van der Waals surface area contributed by atoms with Crippen LogP contribution >= 0.6 is 0 Å². The number of urea groups is 1. The molecule has 0 spiro atoms. The normalized spacial score (nSPS) is 14.4. The summed E-state index contributed by atoms with van der Waals surface area (Å²) in [6.07, 6.45) is 2.68. The number of carbonyl (C=O) groups excluding carboxylic acids is 2. The molecule has 9 nitrogen and oxygen atoms in total. The highest BCUT2D eigenvalue weighted by molar-refractivity contribution is 7.89. The summed E-state index contributed by atoms with van der Waals surface area (Å²) in [7, 11) is -2.23. The number of nitrogens with one attached hydrogen (secondary N) is 3. The molecule has 0 atom stereocenters. The smallest absolute Gasteiger partial charge is 0.315 e. The highest BCUT2D eigenvalue weighted by Gasteiger charge is 2.27. The van der Waals surface area contributed by atoms with Gasteiger partial charge in [0, 0.05) is 19.6 Å². The first-order valence-electron chi connectivity index (χ1n) is 10.8. The van der Waals surface area contributed by atoms with E-state index < -0.39 is 22.0 Å². The van der Waals surface area contributed by atoms with Gasteiger partial charge in [-0.1, -0.05) is 36.2 Å². The zero-order valence-corrected chi connectivity index (χ0v) is 19.7. The number of aryl methyl sites for hydroxylation is 1. The van der Waals surface area contributed by atoms with Crippen molar-refractivity contribution >= 4 is 27.6 Å². The molecule has 0 radical (unpaired) electrons. The predicted molar refractivity (Wildman–Crippen MR) is 126 cm³/mol. The topological polar surface area (TPSA) is 117 Å². The molecule has 3 N–H and O–H groups in total. The lowest BCUT2D eigenvalue weighted by Gasteiger charge is -2.26. The second-order valence-corrected chi connectivity index (χ2v) is 9.83. The molecule has 2 aromatic carbocycles. The Kier molecular flexibility index (Phi) is 8.29. The Hall–Kier alpha value is -3.11. The lowest BCUT2D eigenvalue weighted by atomic mass is 10.1. The third-order valence-corrected chi connectivity index (χ3v) is 7.28. The molecule has 178 valence electrons. The molecule has 1 fully saturated rings. The van der Waals surface area contributed by atoms with Gasteiger partial charge in [-0.3, -0.25) is 4.79 Å². The van der Waals surface area contributed by atoms with Crippen molar-refractivity contribution in [2.75, 3.05) is 32.1 Å². The fraction of sp³-hybridized carbons (Fsp3) is 0.391. The first-order chi connectivity index (χ1) is 15.8. The molecule has 0 saturated carbocycles. The molecule has 0 aromatic heterocycles. The summed E-state index contributed by atoms with van der Waals surface area (Å²) >= 11 is 0. The molecule has 33 heavy (non-hydrogen) atoms. The monoisotopic (exact) mass is 474 g/mol. The Morgan fingerprint density at radius 2 is 1.70 bits per heavy atom. The van der Waals surface area contributed by atoms with E-state index in [0.29, 0.717) is 25.4 Å². The van der Waals surface area contributed by atoms with Crippen LogP contribution in [-0.2, 0) is 21.4 Å². The van der Waals surface area contributed by atoms with Gasteiger partial charge >= 0.3 is 6.03 Å². The van der Waals surface area contributed by atoms with E-state index in [0.717, 1.165) is 30.4 Å². The second-order valence-electron chi connectivity index (χ2n) is 7.90. The number of amides is 3. The average Bonchev–Trinajstić information content (AvgIpc) is 2.83. The Balaban J connectivity index is 1.58. The fourth-order valence-corrected chi connectivity index (χ4v) is 5.05. The van der Waals surface area contributed by atoms with Crippen molar-refractivity contribution in [3.63, 3.8) is 0 Å². The summed E-state index contributed by atoms with van der Waals surface area (Å²) in [6.45, 7) is 3.00. The zero-order chi connectivity index (χ0) is 23.8. The molecule has 1 aliphatic rings. The summed E-state index contributed by atoms with van der Waals surface area (Å²) in [5.74, 6) is -0.184. The van der Waals surface area contributed by atoms with Crippen LogP contribution in [0.15, 0.2) is 47.4 Å². The van der Waals surface area contributed by atoms with Crippen molar-refractivity contribution in [3.8, 4) is 5.75 Å². The molecule has 0 bridgehead atoms. The van der Waals surface area contributed by atoms with Crippen LogP contribution in [0.3, 0.4) is 0 Å². The molecule has 0 unspecified atom stereocenters. The van der Waals surface area contributed by atoms with Crippen LogP contribution in [0.1, 0.15) is 30.4 Å². The van der Waals surface area contributed by atoms with E-state index in [2.05, 4.69) is 16.0 Å². The third-order valence-electron chi connectivity index (χ3n) is 5.38. The van der Waals surface area contributed by atoms with Gasteiger partial charge < -0.3 is 20.7 Å². The van der Waals surface area contributed by atoms with Gasteiger partial charge in [-0.2, -0.15) is 4.31 Å². The van der Waals surface area contributed by atoms with E-state index >= 15 is 0 Å². The van der Waals surface area contributed by atoms with Gasteiger partial charge in [0.2, 0.25) is 15.9 Å². The summed E-state index contributed by atoms with van der Waals surface area (Å²) in [5.41, 5.74) is 2.29. The van der Waals surface area contributed by atoms with E-state index in [-0.39, 0.29) is 17.1 Å². The maximum absolute atomic E-state index is 13.0. The highest BCUT2D eigenvalue weighted by Crippen LogP contribution is 2.29. The van der Waals surface area contributed by atoms with Gasteiger partial charge in [-0.15, -0.1) is 0 Å². The number of piperidine rings is 1. The van der Waals surface area contributed by atoms with E-state index in [1.165, 1.54) is 29.6 Å². The Labute approximate surface area is 194 Å². The number of rotatable bonds is 8. The number of benzene rings is 2. The maximum atomic E-state index is 13.0. The summed E-state index contributed by atoms with van der Waals surface area (Å²) in [4.78, 5) is 24.5. The second kappa shape index (κ2) is 11.2. The Morgan fingerprint density at radius 3 is 2.36 bits per heavy atom. The van der Waals surface area contributed by atoms with Gasteiger partial charge in [0.1, 0.15) is 5.75 Å². The number of nitrogens with zero attached hydrogens (tertiary/aromatic N) is 1. The third kappa shape index (κ3) is 6.69. The van der Waals surface area contributed by atoms with Crippen LogP contribution in [0.4, 0.5) is 10.5 Å². The molecule has 3 rings (SSSR count). The number of hydrogen-bond acceptors (Lipinski definition) is 5. The minimum absolute atomic E-state index is 0.0873. The van der Waals surface area contributed by atoms with Gasteiger partial charge in [-0.05, 0) is 43.5 Å². The quantitative estimate of drug-likeness (QED) is 0.544. The molecular weight excluding hydrogens is 444 g/mol. The van der Waals surface area contributed by atoms with Crippen LogP contribution in [0.2, 0.25) is 0 Å². The predicted octanol–water partition coefficient (Wildman–Crippen LogP) is 2.62. The number of carbonyl (C=O) groups is 2.